The van der Waals surface area contributed by atoms with Crippen LogP contribution in [-0.2, 0) is 4.79 Å². The SMILES string of the molecule is CC(C)c1ccc(/C=C(/C#N)C(=O)Nc2cc(Cl)ccc2Cl)cc1. The number of rotatable bonds is 4. The van der Waals surface area contributed by atoms with E-state index in [1.54, 1.807) is 12.1 Å². The van der Waals surface area contributed by atoms with E-state index in [0.717, 1.165) is 5.56 Å². The van der Waals surface area contributed by atoms with Crippen molar-refractivity contribution in [2.24, 2.45) is 0 Å². The smallest absolute Gasteiger partial charge is 0.266 e. The summed E-state index contributed by atoms with van der Waals surface area (Å²) in [5.41, 5.74) is 2.33. The van der Waals surface area contributed by atoms with E-state index >= 15 is 0 Å². The Morgan fingerprint density at radius 1 is 1.17 bits per heavy atom. The molecule has 0 unspecified atom stereocenters. The van der Waals surface area contributed by atoms with E-state index in [9.17, 15) is 10.1 Å². The zero-order chi connectivity index (χ0) is 17.7. The lowest BCUT2D eigenvalue weighted by Crippen LogP contribution is -2.13. The van der Waals surface area contributed by atoms with Gasteiger partial charge in [0.25, 0.3) is 5.91 Å². The fraction of sp³-hybridized carbons (Fsp3) is 0.158. The molecule has 0 spiro atoms. The minimum absolute atomic E-state index is 0.0108. The maximum absolute atomic E-state index is 12.3. The molecule has 0 aromatic heterocycles. The zero-order valence-electron chi connectivity index (χ0n) is 13.3. The average Bonchev–Trinajstić information content (AvgIpc) is 2.56. The highest BCUT2D eigenvalue weighted by Crippen LogP contribution is 2.26. The molecular formula is C19H16Cl2N2O. The standard InChI is InChI=1S/C19H16Cl2N2O/c1-12(2)14-5-3-13(4-6-14)9-15(11-22)19(24)23-18-10-16(20)7-8-17(18)21/h3-10,12H,1-2H3,(H,23,24)/b15-9-. The van der Waals surface area contributed by atoms with E-state index in [0.29, 0.717) is 21.7 Å². The van der Waals surface area contributed by atoms with Crippen molar-refractivity contribution in [3.05, 3.63) is 69.2 Å². The van der Waals surface area contributed by atoms with Crippen LogP contribution in [0, 0.1) is 11.3 Å². The van der Waals surface area contributed by atoms with Gasteiger partial charge in [-0.25, -0.2) is 0 Å². The largest absolute Gasteiger partial charge is 0.320 e. The lowest BCUT2D eigenvalue weighted by atomic mass is 10.0. The zero-order valence-corrected chi connectivity index (χ0v) is 14.8. The summed E-state index contributed by atoms with van der Waals surface area (Å²) in [6.45, 7) is 4.21. The first-order chi connectivity index (χ1) is 11.4. The highest BCUT2D eigenvalue weighted by molar-refractivity contribution is 6.36. The van der Waals surface area contributed by atoms with Crippen molar-refractivity contribution in [1.29, 1.82) is 5.26 Å². The molecule has 1 N–H and O–H groups in total. The molecule has 2 aromatic carbocycles. The van der Waals surface area contributed by atoms with Crippen LogP contribution < -0.4 is 5.32 Å². The number of benzene rings is 2. The first-order valence-corrected chi connectivity index (χ1v) is 8.14. The monoisotopic (exact) mass is 358 g/mol. The maximum Gasteiger partial charge on any atom is 0.266 e. The van der Waals surface area contributed by atoms with Gasteiger partial charge in [-0.05, 0) is 41.3 Å². The van der Waals surface area contributed by atoms with Crippen LogP contribution in [0.1, 0.15) is 30.9 Å². The second-order valence-electron chi connectivity index (χ2n) is 5.57. The predicted octanol–water partition coefficient (Wildman–Crippen LogP) is 5.66. The minimum Gasteiger partial charge on any atom is -0.320 e. The van der Waals surface area contributed by atoms with Crippen molar-refractivity contribution in [2.75, 3.05) is 5.32 Å². The van der Waals surface area contributed by atoms with Crippen LogP contribution in [0.25, 0.3) is 6.08 Å². The molecule has 0 aliphatic heterocycles. The second kappa shape index (κ2) is 8.01. The fourth-order valence-corrected chi connectivity index (χ4v) is 2.41. The van der Waals surface area contributed by atoms with Crippen LogP contribution in [0.15, 0.2) is 48.0 Å². The van der Waals surface area contributed by atoms with Gasteiger partial charge in [0.1, 0.15) is 11.6 Å². The third-order valence-electron chi connectivity index (χ3n) is 3.46. The number of carbonyl (C=O) groups excluding carboxylic acids is 1. The summed E-state index contributed by atoms with van der Waals surface area (Å²) in [6, 6.07) is 14.4. The number of hydrogen-bond acceptors (Lipinski definition) is 2. The third-order valence-corrected chi connectivity index (χ3v) is 4.02. The van der Waals surface area contributed by atoms with E-state index in [-0.39, 0.29) is 5.57 Å². The van der Waals surface area contributed by atoms with Crippen molar-refractivity contribution in [2.45, 2.75) is 19.8 Å². The number of hydrogen-bond donors (Lipinski definition) is 1. The van der Waals surface area contributed by atoms with E-state index < -0.39 is 5.91 Å². The summed E-state index contributed by atoms with van der Waals surface area (Å²) in [5, 5.41) is 12.7. The summed E-state index contributed by atoms with van der Waals surface area (Å²) < 4.78 is 0. The summed E-state index contributed by atoms with van der Waals surface area (Å²) in [7, 11) is 0. The van der Waals surface area contributed by atoms with Gasteiger partial charge in [0, 0.05) is 5.02 Å². The predicted molar refractivity (Wildman–Crippen MR) is 99.2 cm³/mol. The van der Waals surface area contributed by atoms with E-state index in [1.165, 1.54) is 17.7 Å². The molecule has 0 atom stereocenters. The first-order valence-electron chi connectivity index (χ1n) is 7.39. The normalized spacial score (nSPS) is 11.2. The Morgan fingerprint density at radius 2 is 1.83 bits per heavy atom. The number of nitrogens with zero attached hydrogens (tertiary/aromatic N) is 1. The molecule has 0 aliphatic carbocycles. The van der Waals surface area contributed by atoms with Crippen molar-refractivity contribution in [3.63, 3.8) is 0 Å². The van der Waals surface area contributed by atoms with Crippen molar-refractivity contribution >= 4 is 40.9 Å². The van der Waals surface area contributed by atoms with Gasteiger partial charge in [0.2, 0.25) is 0 Å². The Hall–Kier alpha value is -2.28. The number of nitrogens with one attached hydrogen (secondary N) is 1. The molecule has 0 heterocycles. The lowest BCUT2D eigenvalue weighted by molar-refractivity contribution is -0.112. The quantitative estimate of drug-likeness (QED) is 0.565. The highest BCUT2D eigenvalue weighted by atomic mass is 35.5. The van der Waals surface area contributed by atoms with Crippen LogP contribution in [0.3, 0.4) is 0 Å². The van der Waals surface area contributed by atoms with Gasteiger partial charge >= 0.3 is 0 Å². The van der Waals surface area contributed by atoms with Crippen LogP contribution in [-0.4, -0.2) is 5.91 Å². The number of nitriles is 1. The number of amides is 1. The lowest BCUT2D eigenvalue weighted by Gasteiger charge is -2.07. The van der Waals surface area contributed by atoms with Crippen molar-refractivity contribution < 1.29 is 4.79 Å². The van der Waals surface area contributed by atoms with E-state index in [4.69, 9.17) is 23.2 Å². The Kier molecular flexibility index (Phi) is 6.03. The molecule has 2 rings (SSSR count). The molecule has 5 heteroatoms. The molecule has 2 aromatic rings. The fourth-order valence-electron chi connectivity index (χ4n) is 2.08. The third kappa shape index (κ3) is 4.61. The molecular weight excluding hydrogens is 343 g/mol. The molecule has 0 fully saturated rings. The molecule has 24 heavy (non-hydrogen) atoms. The van der Waals surface area contributed by atoms with Gasteiger partial charge in [-0.15, -0.1) is 0 Å². The second-order valence-corrected chi connectivity index (χ2v) is 6.41. The Bertz CT molecular complexity index is 818. The average molecular weight is 359 g/mol. The van der Waals surface area contributed by atoms with Crippen LogP contribution in [0.2, 0.25) is 10.0 Å². The molecule has 0 saturated carbocycles. The van der Waals surface area contributed by atoms with Gasteiger partial charge in [0.05, 0.1) is 10.7 Å². The Labute approximate surface area is 151 Å². The maximum atomic E-state index is 12.3. The van der Waals surface area contributed by atoms with Gasteiger partial charge in [0.15, 0.2) is 0 Å². The van der Waals surface area contributed by atoms with E-state index in [1.807, 2.05) is 30.3 Å². The van der Waals surface area contributed by atoms with Crippen LogP contribution >= 0.6 is 23.2 Å². The minimum atomic E-state index is -0.533. The Balaban J connectivity index is 2.22. The van der Waals surface area contributed by atoms with Gasteiger partial charge in [-0.2, -0.15) is 5.26 Å². The summed E-state index contributed by atoms with van der Waals surface area (Å²) in [5.74, 6) is -0.110. The molecule has 0 saturated heterocycles. The summed E-state index contributed by atoms with van der Waals surface area (Å²) >= 11 is 11.9. The van der Waals surface area contributed by atoms with Gasteiger partial charge < -0.3 is 5.32 Å². The molecule has 1 amide bonds. The van der Waals surface area contributed by atoms with Gasteiger partial charge in [-0.3, -0.25) is 4.79 Å². The topological polar surface area (TPSA) is 52.9 Å². The number of halogens is 2. The molecule has 3 nitrogen and oxygen atoms in total. The van der Waals surface area contributed by atoms with E-state index in [2.05, 4.69) is 19.2 Å². The first kappa shape index (κ1) is 18.1. The summed E-state index contributed by atoms with van der Waals surface area (Å²) in [6.07, 6.45) is 1.54. The number of carbonyl (C=O) groups is 1. The molecule has 0 aliphatic rings. The summed E-state index contributed by atoms with van der Waals surface area (Å²) in [4.78, 5) is 12.3. The molecule has 0 radical (unpaired) electrons. The molecule has 0 bridgehead atoms. The van der Waals surface area contributed by atoms with Crippen LogP contribution in [0.5, 0.6) is 0 Å². The van der Waals surface area contributed by atoms with Crippen molar-refractivity contribution in [3.8, 4) is 6.07 Å². The van der Waals surface area contributed by atoms with Gasteiger partial charge in [-0.1, -0.05) is 61.3 Å². The van der Waals surface area contributed by atoms with Crippen molar-refractivity contribution in [1.82, 2.24) is 0 Å². The highest BCUT2D eigenvalue weighted by Gasteiger charge is 2.12. The van der Waals surface area contributed by atoms with Crippen LogP contribution in [0.4, 0.5) is 5.69 Å². The molecule has 122 valence electrons. The Morgan fingerprint density at radius 3 is 2.42 bits per heavy atom. The number of anilines is 1.